The Bertz CT molecular complexity index is 681. The molecule has 0 aliphatic heterocycles. The maximum atomic E-state index is 4.71. The van der Waals surface area contributed by atoms with E-state index in [1.807, 2.05) is 18.2 Å². The van der Waals surface area contributed by atoms with E-state index >= 15 is 0 Å². The molecule has 2 saturated carbocycles. The lowest BCUT2D eigenvalue weighted by Crippen LogP contribution is -2.21. The highest BCUT2D eigenvalue weighted by Gasteiger charge is 2.16. The second kappa shape index (κ2) is 9.85. The van der Waals surface area contributed by atoms with Crippen molar-refractivity contribution in [1.82, 2.24) is 15.0 Å². The molecule has 4 rings (SSSR count). The van der Waals surface area contributed by atoms with Crippen molar-refractivity contribution >= 4 is 11.9 Å². The molecule has 150 valence electrons. The van der Waals surface area contributed by atoms with Gasteiger partial charge < -0.3 is 10.6 Å². The molecule has 1 aromatic heterocycles. The molecule has 1 heterocycles. The first-order chi connectivity index (χ1) is 13.9. The van der Waals surface area contributed by atoms with Gasteiger partial charge in [-0.2, -0.15) is 15.0 Å². The average Bonchev–Trinajstić information content (AvgIpc) is 2.78. The minimum atomic E-state index is 0.700. The van der Waals surface area contributed by atoms with E-state index in [0.717, 1.165) is 36.3 Å². The maximum absolute atomic E-state index is 4.71. The fraction of sp³-hybridized carbons (Fsp3) is 0.609. The first-order valence-electron chi connectivity index (χ1n) is 11.2. The van der Waals surface area contributed by atoms with Crippen molar-refractivity contribution < 1.29 is 0 Å². The first kappa shape index (κ1) is 19.2. The van der Waals surface area contributed by atoms with Crippen molar-refractivity contribution in [3.8, 4) is 11.4 Å². The molecule has 0 amide bonds. The van der Waals surface area contributed by atoms with Crippen LogP contribution in [0.2, 0.25) is 0 Å². The number of rotatable bonds is 7. The maximum Gasteiger partial charge on any atom is 0.228 e. The Morgan fingerprint density at radius 1 is 0.643 bits per heavy atom. The normalized spacial score (nSPS) is 18.7. The van der Waals surface area contributed by atoms with Crippen LogP contribution in [0.25, 0.3) is 11.4 Å². The van der Waals surface area contributed by atoms with Crippen molar-refractivity contribution in [1.29, 1.82) is 0 Å². The van der Waals surface area contributed by atoms with Crippen LogP contribution in [0.3, 0.4) is 0 Å². The predicted molar refractivity (Wildman–Crippen MR) is 115 cm³/mol. The number of anilines is 2. The number of benzene rings is 1. The number of aromatic nitrogens is 3. The number of nitrogens with zero attached hydrogens (tertiary/aromatic N) is 3. The SMILES string of the molecule is c1ccc(-c2nc(NCC3CCCCC3)nc(NCC3CCCCC3)n2)cc1. The molecular weight excluding hydrogens is 346 g/mol. The summed E-state index contributed by atoms with van der Waals surface area (Å²) >= 11 is 0. The third-order valence-electron chi connectivity index (χ3n) is 6.21. The molecule has 0 atom stereocenters. The highest BCUT2D eigenvalue weighted by atomic mass is 15.2. The molecule has 1 aromatic carbocycles. The van der Waals surface area contributed by atoms with Gasteiger partial charge in [0, 0.05) is 18.7 Å². The summed E-state index contributed by atoms with van der Waals surface area (Å²) in [5.74, 6) is 3.62. The van der Waals surface area contributed by atoms with Gasteiger partial charge in [-0.15, -0.1) is 0 Å². The molecule has 0 unspecified atom stereocenters. The van der Waals surface area contributed by atoms with E-state index in [2.05, 4.69) is 27.8 Å². The summed E-state index contributed by atoms with van der Waals surface area (Å²) in [5.41, 5.74) is 1.03. The Labute approximate surface area is 168 Å². The smallest absolute Gasteiger partial charge is 0.228 e. The van der Waals surface area contributed by atoms with Gasteiger partial charge in [-0.05, 0) is 37.5 Å². The average molecular weight is 380 g/mol. The largest absolute Gasteiger partial charge is 0.354 e. The summed E-state index contributed by atoms with van der Waals surface area (Å²) in [6, 6.07) is 10.2. The van der Waals surface area contributed by atoms with Crippen LogP contribution in [0.4, 0.5) is 11.9 Å². The summed E-state index contributed by atoms with van der Waals surface area (Å²) in [4.78, 5) is 14.1. The quantitative estimate of drug-likeness (QED) is 0.663. The first-order valence-corrected chi connectivity index (χ1v) is 11.2. The lowest BCUT2D eigenvalue weighted by atomic mass is 9.89. The molecule has 0 saturated heterocycles. The van der Waals surface area contributed by atoms with Gasteiger partial charge in [-0.1, -0.05) is 68.9 Å². The zero-order chi connectivity index (χ0) is 19.0. The van der Waals surface area contributed by atoms with E-state index in [0.29, 0.717) is 11.9 Å². The molecule has 5 heteroatoms. The molecule has 2 aliphatic rings. The minimum absolute atomic E-state index is 0.700. The van der Waals surface area contributed by atoms with Crippen LogP contribution < -0.4 is 10.6 Å². The molecule has 0 spiro atoms. The number of nitrogens with one attached hydrogen (secondary N) is 2. The van der Waals surface area contributed by atoms with E-state index in [1.54, 1.807) is 0 Å². The van der Waals surface area contributed by atoms with Crippen molar-refractivity contribution in [3.63, 3.8) is 0 Å². The van der Waals surface area contributed by atoms with Crippen LogP contribution in [-0.2, 0) is 0 Å². The van der Waals surface area contributed by atoms with Gasteiger partial charge >= 0.3 is 0 Å². The Kier molecular flexibility index (Phi) is 6.74. The third-order valence-corrected chi connectivity index (χ3v) is 6.21. The highest BCUT2D eigenvalue weighted by Crippen LogP contribution is 2.25. The lowest BCUT2D eigenvalue weighted by molar-refractivity contribution is 0.372. The van der Waals surface area contributed by atoms with E-state index in [9.17, 15) is 0 Å². The molecule has 2 N–H and O–H groups in total. The summed E-state index contributed by atoms with van der Waals surface area (Å²) < 4.78 is 0. The van der Waals surface area contributed by atoms with Crippen molar-refractivity contribution in [3.05, 3.63) is 30.3 Å². The fourth-order valence-electron chi connectivity index (χ4n) is 4.50. The molecule has 0 radical (unpaired) electrons. The molecule has 5 nitrogen and oxygen atoms in total. The highest BCUT2D eigenvalue weighted by molar-refractivity contribution is 5.57. The zero-order valence-electron chi connectivity index (χ0n) is 16.9. The van der Waals surface area contributed by atoms with Crippen molar-refractivity contribution in [2.45, 2.75) is 64.2 Å². The summed E-state index contributed by atoms with van der Waals surface area (Å²) in [5, 5.41) is 7.00. The second-order valence-corrected chi connectivity index (χ2v) is 8.44. The minimum Gasteiger partial charge on any atom is -0.354 e. The number of hydrogen-bond acceptors (Lipinski definition) is 5. The zero-order valence-corrected chi connectivity index (χ0v) is 16.9. The summed E-state index contributed by atoms with van der Waals surface area (Å²) in [7, 11) is 0. The summed E-state index contributed by atoms with van der Waals surface area (Å²) in [6.07, 6.45) is 13.4. The predicted octanol–water partition coefficient (Wildman–Crippen LogP) is 5.52. The molecular formula is C23H33N5. The monoisotopic (exact) mass is 379 g/mol. The van der Waals surface area contributed by atoms with Crippen LogP contribution in [0.5, 0.6) is 0 Å². The van der Waals surface area contributed by atoms with Gasteiger partial charge in [0.1, 0.15) is 0 Å². The standard InChI is InChI=1S/C23H33N5/c1-4-10-18(11-5-1)16-24-22-26-21(20-14-8-3-9-15-20)27-23(28-22)25-17-19-12-6-2-7-13-19/h3,8-9,14-15,18-19H,1-2,4-7,10-13,16-17H2,(H2,24,25,26,27,28). The van der Waals surface area contributed by atoms with Crippen LogP contribution in [0.1, 0.15) is 64.2 Å². The van der Waals surface area contributed by atoms with E-state index < -0.39 is 0 Å². The summed E-state index contributed by atoms with van der Waals surface area (Å²) in [6.45, 7) is 1.92. The molecule has 2 aliphatic carbocycles. The third kappa shape index (κ3) is 5.43. The Morgan fingerprint density at radius 2 is 1.14 bits per heavy atom. The Hall–Kier alpha value is -2.17. The molecule has 2 aromatic rings. The molecule has 0 bridgehead atoms. The van der Waals surface area contributed by atoms with Crippen LogP contribution in [-0.4, -0.2) is 28.0 Å². The van der Waals surface area contributed by atoms with Gasteiger partial charge in [0.15, 0.2) is 5.82 Å². The molecule has 2 fully saturated rings. The van der Waals surface area contributed by atoms with Gasteiger partial charge in [0.25, 0.3) is 0 Å². The Morgan fingerprint density at radius 3 is 1.64 bits per heavy atom. The van der Waals surface area contributed by atoms with Gasteiger partial charge in [0.2, 0.25) is 11.9 Å². The Balaban J connectivity index is 1.47. The number of hydrogen-bond donors (Lipinski definition) is 2. The van der Waals surface area contributed by atoms with Crippen LogP contribution in [0.15, 0.2) is 30.3 Å². The van der Waals surface area contributed by atoms with Crippen LogP contribution >= 0.6 is 0 Å². The van der Waals surface area contributed by atoms with Crippen LogP contribution in [0, 0.1) is 11.8 Å². The van der Waals surface area contributed by atoms with E-state index in [1.165, 1.54) is 64.2 Å². The van der Waals surface area contributed by atoms with Crippen molar-refractivity contribution in [2.24, 2.45) is 11.8 Å². The van der Waals surface area contributed by atoms with Crippen molar-refractivity contribution in [2.75, 3.05) is 23.7 Å². The van der Waals surface area contributed by atoms with Gasteiger partial charge in [0.05, 0.1) is 0 Å². The second-order valence-electron chi connectivity index (χ2n) is 8.44. The van der Waals surface area contributed by atoms with E-state index in [4.69, 9.17) is 9.97 Å². The molecule has 28 heavy (non-hydrogen) atoms. The topological polar surface area (TPSA) is 62.7 Å². The van der Waals surface area contributed by atoms with Gasteiger partial charge in [-0.3, -0.25) is 0 Å². The van der Waals surface area contributed by atoms with E-state index in [-0.39, 0.29) is 0 Å². The lowest BCUT2D eigenvalue weighted by Gasteiger charge is -2.23. The van der Waals surface area contributed by atoms with Gasteiger partial charge in [-0.25, -0.2) is 0 Å². The fourth-order valence-corrected chi connectivity index (χ4v) is 4.50.